The van der Waals surface area contributed by atoms with Crippen molar-refractivity contribution >= 4 is 5.91 Å². The van der Waals surface area contributed by atoms with E-state index in [0.29, 0.717) is 12.5 Å². The zero-order valence-corrected chi connectivity index (χ0v) is 10.8. The third-order valence-corrected chi connectivity index (χ3v) is 3.31. The average molecular weight is 224 g/mol. The van der Waals surface area contributed by atoms with Crippen LogP contribution in [0.4, 0.5) is 0 Å². The van der Waals surface area contributed by atoms with Crippen LogP contribution in [0.3, 0.4) is 0 Å². The highest BCUT2D eigenvalue weighted by molar-refractivity contribution is 5.86. The Kier molecular flexibility index (Phi) is 4.14. The molecule has 2 N–H and O–H groups in total. The second-order valence-electron chi connectivity index (χ2n) is 5.48. The summed E-state index contributed by atoms with van der Waals surface area (Å²) < 4.78 is 0. The van der Waals surface area contributed by atoms with Crippen LogP contribution in [0.25, 0.3) is 0 Å². The lowest BCUT2D eigenvalue weighted by Gasteiger charge is -2.38. The van der Waals surface area contributed by atoms with E-state index in [0.717, 1.165) is 24.8 Å². The van der Waals surface area contributed by atoms with Crippen molar-refractivity contribution < 1.29 is 4.79 Å². The van der Waals surface area contributed by atoms with Gasteiger partial charge >= 0.3 is 0 Å². The smallest absolute Gasteiger partial charge is 0.242 e. The summed E-state index contributed by atoms with van der Waals surface area (Å²) in [4.78, 5) is 14.0. The molecule has 0 heterocycles. The Hall–Kier alpha value is -0.830. The van der Waals surface area contributed by atoms with Gasteiger partial charge < -0.3 is 10.6 Å². The van der Waals surface area contributed by atoms with Crippen molar-refractivity contribution in [2.45, 2.75) is 45.1 Å². The van der Waals surface area contributed by atoms with Gasteiger partial charge in [-0.3, -0.25) is 4.79 Å². The highest BCUT2D eigenvalue weighted by Crippen LogP contribution is 2.31. The summed E-state index contributed by atoms with van der Waals surface area (Å²) in [5.74, 6) is 0.628. The van der Waals surface area contributed by atoms with Crippen molar-refractivity contribution in [3.8, 4) is 0 Å². The average Bonchev–Trinajstić information content (AvgIpc) is 2.15. The van der Waals surface area contributed by atoms with Crippen LogP contribution in [-0.4, -0.2) is 29.9 Å². The first-order chi connectivity index (χ1) is 7.35. The molecule has 0 radical (unpaired) electrons. The van der Waals surface area contributed by atoms with Crippen molar-refractivity contribution in [2.24, 2.45) is 11.7 Å². The van der Waals surface area contributed by atoms with E-state index in [4.69, 9.17) is 5.73 Å². The summed E-state index contributed by atoms with van der Waals surface area (Å²) in [6, 6.07) is 0. The predicted octanol–water partition coefficient (Wildman–Crippen LogP) is 1.93. The van der Waals surface area contributed by atoms with E-state index < -0.39 is 5.54 Å². The molecule has 0 saturated heterocycles. The molecule has 2 atom stereocenters. The lowest BCUT2D eigenvalue weighted by Crippen LogP contribution is -2.56. The molecule has 92 valence electrons. The zero-order valence-electron chi connectivity index (χ0n) is 10.8. The van der Waals surface area contributed by atoms with Gasteiger partial charge in [0.15, 0.2) is 0 Å². The number of rotatable bonds is 3. The van der Waals surface area contributed by atoms with Crippen LogP contribution in [0.15, 0.2) is 12.2 Å². The van der Waals surface area contributed by atoms with Crippen LogP contribution in [-0.2, 0) is 4.79 Å². The molecule has 3 nitrogen and oxygen atoms in total. The van der Waals surface area contributed by atoms with Gasteiger partial charge in [0.05, 0.1) is 5.54 Å². The first kappa shape index (κ1) is 13.2. The summed E-state index contributed by atoms with van der Waals surface area (Å²) in [5.41, 5.74) is 6.60. The number of hydrogen-bond acceptors (Lipinski definition) is 2. The van der Waals surface area contributed by atoms with Gasteiger partial charge in [0.25, 0.3) is 0 Å². The number of amides is 1. The van der Waals surface area contributed by atoms with Crippen molar-refractivity contribution in [3.63, 3.8) is 0 Å². The van der Waals surface area contributed by atoms with Gasteiger partial charge in [0, 0.05) is 13.6 Å². The first-order valence-corrected chi connectivity index (χ1v) is 6.04. The van der Waals surface area contributed by atoms with Gasteiger partial charge in [-0.15, -0.1) is 0 Å². The quantitative estimate of drug-likeness (QED) is 0.745. The monoisotopic (exact) mass is 224 g/mol. The minimum atomic E-state index is -0.637. The fraction of sp³-hybridized carbons (Fsp3) is 0.769. The fourth-order valence-electron chi connectivity index (χ4n) is 2.64. The standard InChI is InChI=1S/C13H24N2O/c1-10(2)9-15(4)12(16)13(14)7-5-6-11(3)8-13/h11H,1,5-9,14H2,2-4H3. The third-order valence-electron chi connectivity index (χ3n) is 3.31. The topological polar surface area (TPSA) is 46.3 Å². The molecule has 1 rings (SSSR count). The Balaban J connectivity index is 2.67. The highest BCUT2D eigenvalue weighted by atomic mass is 16.2. The van der Waals surface area contributed by atoms with E-state index in [2.05, 4.69) is 13.5 Å². The maximum absolute atomic E-state index is 12.3. The maximum atomic E-state index is 12.3. The van der Waals surface area contributed by atoms with Crippen LogP contribution in [0.2, 0.25) is 0 Å². The van der Waals surface area contributed by atoms with Gasteiger partial charge in [-0.25, -0.2) is 0 Å². The molecule has 16 heavy (non-hydrogen) atoms. The molecule has 1 saturated carbocycles. The number of nitrogens with two attached hydrogens (primary N) is 1. The summed E-state index contributed by atoms with van der Waals surface area (Å²) in [6.07, 6.45) is 3.88. The van der Waals surface area contributed by atoms with Gasteiger partial charge in [0.2, 0.25) is 5.91 Å². The molecule has 0 bridgehead atoms. The number of hydrogen-bond donors (Lipinski definition) is 1. The third kappa shape index (κ3) is 3.08. The normalized spacial score (nSPS) is 29.9. The lowest BCUT2D eigenvalue weighted by atomic mass is 9.76. The Morgan fingerprint density at radius 3 is 2.75 bits per heavy atom. The van der Waals surface area contributed by atoms with Crippen LogP contribution >= 0.6 is 0 Å². The van der Waals surface area contributed by atoms with Crippen molar-refractivity contribution in [3.05, 3.63) is 12.2 Å². The summed E-state index contributed by atoms with van der Waals surface area (Å²) in [6.45, 7) is 8.53. The first-order valence-electron chi connectivity index (χ1n) is 6.04. The Morgan fingerprint density at radius 2 is 2.25 bits per heavy atom. The van der Waals surface area contributed by atoms with Crippen LogP contribution in [0.1, 0.15) is 39.5 Å². The second-order valence-corrected chi connectivity index (χ2v) is 5.48. The number of carbonyl (C=O) groups is 1. The molecule has 0 aromatic carbocycles. The van der Waals surface area contributed by atoms with E-state index in [1.807, 2.05) is 14.0 Å². The SMILES string of the molecule is C=C(C)CN(C)C(=O)C1(N)CCCC(C)C1. The number of likely N-dealkylation sites (N-methyl/N-ethyl adjacent to an activating group) is 1. The molecule has 1 amide bonds. The minimum Gasteiger partial charge on any atom is -0.340 e. The molecular weight excluding hydrogens is 200 g/mol. The summed E-state index contributed by atoms with van der Waals surface area (Å²) in [7, 11) is 1.81. The molecule has 0 aromatic heterocycles. The summed E-state index contributed by atoms with van der Waals surface area (Å²) in [5, 5.41) is 0. The van der Waals surface area contributed by atoms with Crippen molar-refractivity contribution in [1.82, 2.24) is 4.90 Å². The van der Waals surface area contributed by atoms with E-state index in [1.54, 1.807) is 4.90 Å². The molecule has 2 unspecified atom stereocenters. The zero-order chi connectivity index (χ0) is 12.3. The Bertz CT molecular complexity index is 288. The van der Waals surface area contributed by atoms with E-state index in [1.165, 1.54) is 6.42 Å². The van der Waals surface area contributed by atoms with Crippen LogP contribution < -0.4 is 5.73 Å². The summed E-state index contributed by atoms with van der Waals surface area (Å²) >= 11 is 0. The Labute approximate surface area is 98.7 Å². The molecule has 1 aliphatic carbocycles. The van der Waals surface area contributed by atoms with Crippen LogP contribution in [0.5, 0.6) is 0 Å². The largest absolute Gasteiger partial charge is 0.340 e. The van der Waals surface area contributed by atoms with E-state index >= 15 is 0 Å². The lowest BCUT2D eigenvalue weighted by molar-refractivity contribution is -0.137. The maximum Gasteiger partial charge on any atom is 0.242 e. The van der Waals surface area contributed by atoms with Crippen molar-refractivity contribution in [2.75, 3.05) is 13.6 Å². The van der Waals surface area contributed by atoms with Crippen LogP contribution in [0, 0.1) is 5.92 Å². The Morgan fingerprint density at radius 1 is 1.62 bits per heavy atom. The van der Waals surface area contributed by atoms with Gasteiger partial charge in [-0.1, -0.05) is 31.9 Å². The fourth-order valence-corrected chi connectivity index (χ4v) is 2.64. The molecule has 3 heteroatoms. The van der Waals surface area contributed by atoms with Gasteiger partial charge in [-0.2, -0.15) is 0 Å². The van der Waals surface area contributed by atoms with Gasteiger partial charge in [-0.05, 0) is 25.7 Å². The highest BCUT2D eigenvalue weighted by Gasteiger charge is 2.39. The molecule has 1 fully saturated rings. The molecule has 0 aromatic rings. The second kappa shape index (κ2) is 5.00. The van der Waals surface area contributed by atoms with Gasteiger partial charge in [0.1, 0.15) is 0 Å². The predicted molar refractivity (Wildman–Crippen MR) is 67.0 cm³/mol. The number of carbonyl (C=O) groups excluding carboxylic acids is 1. The molecule has 1 aliphatic rings. The van der Waals surface area contributed by atoms with E-state index in [9.17, 15) is 4.79 Å². The molecule has 0 aliphatic heterocycles. The number of nitrogens with zero attached hydrogens (tertiary/aromatic N) is 1. The minimum absolute atomic E-state index is 0.0713. The van der Waals surface area contributed by atoms with E-state index in [-0.39, 0.29) is 5.91 Å². The molecule has 0 spiro atoms. The van der Waals surface area contributed by atoms with Crippen molar-refractivity contribution in [1.29, 1.82) is 0 Å². The molecular formula is C13H24N2O.